The molecule has 0 saturated heterocycles. The molecular formula is C22H19Cl3N2O6S. The Morgan fingerprint density at radius 1 is 1.15 bits per heavy atom. The van der Waals surface area contributed by atoms with Crippen LogP contribution in [-0.2, 0) is 11.3 Å². The van der Waals surface area contributed by atoms with Crippen LogP contribution in [0.4, 0.5) is 5.00 Å². The number of nitrogens with two attached hydrogens (primary N) is 1. The van der Waals surface area contributed by atoms with Crippen molar-refractivity contribution in [3.8, 4) is 5.75 Å². The van der Waals surface area contributed by atoms with Gasteiger partial charge in [-0.1, -0.05) is 41.7 Å². The second-order valence-corrected chi connectivity index (χ2v) is 9.24. The number of ether oxygens (including phenoxy) is 2. The van der Waals surface area contributed by atoms with Gasteiger partial charge in [0.2, 0.25) is 0 Å². The summed E-state index contributed by atoms with van der Waals surface area (Å²) < 4.78 is 16.3. The molecule has 0 fully saturated rings. The van der Waals surface area contributed by atoms with Crippen LogP contribution in [0.1, 0.15) is 55.3 Å². The summed E-state index contributed by atoms with van der Waals surface area (Å²) >= 11 is 19.0. The van der Waals surface area contributed by atoms with Gasteiger partial charge in [0, 0.05) is 5.02 Å². The molecule has 0 aliphatic heterocycles. The van der Waals surface area contributed by atoms with Gasteiger partial charge in [0.1, 0.15) is 17.4 Å². The maximum Gasteiger partial charge on any atom is 0.341 e. The summed E-state index contributed by atoms with van der Waals surface area (Å²) in [5.41, 5.74) is 5.81. The van der Waals surface area contributed by atoms with Gasteiger partial charge < -0.3 is 24.9 Å². The smallest absolute Gasteiger partial charge is 0.341 e. The van der Waals surface area contributed by atoms with Gasteiger partial charge in [-0.25, -0.2) is 4.79 Å². The number of esters is 1. The van der Waals surface area contributed by atoms with Gasteiger partial charge in [0.05, 0.1) is 27.1 Å². The largest absolute Gasteiger partial charge is 0.483 e. The molecule has 0 saturated carbocycles. The Bertz CT molecular complexity index is 1230. The molecule has 34 heavy (non-hydrogen) atoms. The number of furan rings is 1. The van der Waals surface area contributed by atoms with Crippen LogP contribution in [0.15, 0.2) is 28.7 Å². The molecule has 2 amide bonds. The Morgan fingerprint density at radius 2 is 1.82 bits per heavy atom. The summed E-state index contributed by atoms with van der Waals surface area (Å²) in [6.45, 7) is 3.53. The molecule has 0 unspecified atom stereocenters. The molecule has 8 nitrogen and oxygen atoms in total. The Kier molecular flexibility index (Phi) is 8.48. The molecule has 2 heterocycles. The SMILES string of the molecule is CCCOC(=O)c1c(NC(=O)c2ccc(COc3c(Cl)cc(Cl)cc3Cl)o2)sc(C(N)=O)c1C. The molecule has 2 aromatic heterocycles. The average molecular weight is 546 g/mol. The van der Waals surface area contributed by atoms with Crippen LogP contribution < -0.4 is 15.8 Å². The number of carbonyl (C=O) groups excluding carboxylic acids is 3. The van der Waals surface area contributed by atoms with E-state index in [0.29, 0.717) is 22.8 Å². The van der Waals surface area contributed by atoms with Gasteiger partial charge in [-0.3, -0.25) is 9.59 Å². The molecule has 3 aromatic rings. The fraction of sp³-hybridized carbons (Fsp3) is 0.227. The van der Waals surface area contributed by atoms with Crippen LogP contribution in [0.3, 0.4) is 0 Å². The second-order valence-electron chi connectivity index (χ2n) is 6.97. The van der Waals surface area contributed by atoms with E-state index in [1.165, 1.54) is 24.3 Å². The number of benzene rings is 1. The van der Waals surface area contributed by atoms with E-state index in [-0.39, 0.29) is 50.2 Å². The topological polar surface area (TPSA) is 121 Å². The fourth-order valence-corrected chi connectivity index (χ4v) is 4.87. The van der Waals surface area contributed by atoms with Crippen LogP contribution in [0.2, 0.25) is 15.1 Å². The predicted molar refractivity (Wildman–Crippen MR) is 131 cm³/mol. The average Bonchev–Trinajstić information content (AvgIpc) is 3.36. The van der Waals surface area contributed by atoms with Gasteiger partial charge in [-0.05, 0) is 43.2 Å². The van der Waals surface area contributed by atoms with Gasteiger partial charge in [-0.2, -0.15) is 0 Å². The zero-order valence-electron chi connectivity index (χ0n) is 18.0. The summed E-state index contributed by atoms with van der Waals surface area (Å²) in [5.74, 6) is -1.54. The van der Waals surface area contributed by atoms with E-state index in [1.54, 1.807) is 6.92 Å². The van der Waals surface area contributed by atoms with Crippen molar-refractivity contribution in [2.45, 2.75) is 26.9 Å². The number of amides is 2. The highest BCUT2D eigenvalue weighted by molar-refractivity contribution is 7.18. The summed E-state index contributed by atoms with van der Waals surface area (Å²) in [5, 5.41) is 3.53. The van der Waals surface area contributed by atoms with E-state index in [1.807, 2.05) is 6.92 Å². The van der Waals surface area contributed by atoms with Gasteiger partial charge in [-0.15, -0.1) is 11.3 Å². The van der Waals surface area contributed by atoms with Crippen LogP contribution in [-0.4, -0.2) is 24.4 Å². The zero-order chi connectivity index (χ0) is 25.0. The third-order valence-corrected chi connectivity index (χ3v) is 6.45. The molecule has 0 spiro atoms. The van der Waals surface area contributed by atoms with Gasteiger partial charge in [0.25, 0.3) is 11.8 Å². The van der Waals surface area contributed by atoms with Crippen LogP contribution >= 0.6 is 46.1 Å². The number of hydrogen-bond acceptors (Lipinski definition) is 7. The number of hydrogen-bond donors (Lipinski definition) is 2. The maximum absolute atomic E-state index is 12.8. The molecule has 12 heteroatoms. The summed E-state index contributed by atoms with van der Waals surface area (Å²) in [6.07, 6.45) is 0.614. The monoisotopic (exact) mass is 544 g/mol. The molecule has 0 radical (unpaired) electrons. The Balaban J connectivity index is 1.76. The minimum Gasteiger partial charge on any atom is -0.483 e. The molecular weight excluding hydrogens is 527 g/mol. The van der Waals surface area contributed by atoms with Gasteiger partial charge >= 0.3 is 5.97 Å². The molecule has 1 aromatic carbocycles. The van der Waals surface area contributed by atoms with E-state index >= 15 is 0 Å². The van der Waals surface area contributed by atoms with Crippen LogP contribution in [0.25, 0.3) is 0 Å². The molecule has 3 rings (SSSR count). The van der Waals surface area contributed by atoms with Crippen LogP contribution in [0.5, 0.6) is 5.75 Å². The lowest BCUT2D eigenvalue weighted by Crippen LogP contribution is -2.15. The number of carbonyl (C=O) groups is 3. The minimum atomic E-state index is -0.718. The number of halogens is 3. The third-order valence-electron chi connectivity index (χ3n) is 4.45. The van der Waals surface area contributed by atoms with E-state index in [9.17, 15) is 14.4 Å². The highest BCUT2D eigenvalue weighted by Gasteiger charge is 2.26. The first-order chi connectivity index (χ1) is 16.1. The molecule has 3 N–H and O–H groups in total. The maximum atomic E-state index is 12.8. The fourth-order valence-electron chi connectivity index (χ4n) is 2.90. The van der Waals surface area contributed by atoms with E-state index in [2.05, 4.69) is 5.32 Å². The number of anilines is 1. The van der Waals surface area contributed by atoms with Crippen molar-refractivity contribution in [2.24, 2.45) is 5.73 Å². The van der Waals surface area contributed by atoms with Crippen molar-refractivity contribution < 1.29 is 28.3 Å². The summed E-state index contributed by atoms with van der Waals surface area (Å²) in [7, 11) is 0. The first-order valence-electron chi connectivity index (χ1n) is 9.90. The number of thiophene rings is 1. The number of primary amides is 1. The number of rotatable bonds is 9. The highest BCUT2D eigenvalue weighted by Crippen LogP contribution is 2.37. The standard InChI is InChI=1S/C22H19Cl3N2O6S/c1-3-6-31-22(30)16-10(2)18(19(26)28)34-21(16)27-20(29)15-5-4-12(33-15)9-32-17-13(24)7-11(23)8-14(17)25/h4-5,7-8H,3,6,9H2,1-2H3,(H2,26,28)(H,27,29). The first-order valence-corrected chi connectivity index (χ1v) is 11.8. The lowest BCUT2D eigenvalue weighted by Gasteiger charge is -2.09. The van der Waals surface area contributed by atoms with E-state index < -0.39 is 17.8 Å². The molecule has 0 bridgehead atoms. The quantitative estimate of drug-likeness (QED) is 0.313. The molecule has 0 aliphatic rings. The zero-order valence-corrected chi connectivity index (χ0v) is 21.1. The van der Waals surface area contributed by atoms with E-state index in [0.717, 1.165) is 11.3 Å². The summed E-state index contributed by atoms with van der Waals surface area (Å²) in [6, 6.07) is 5.94. The van der Waals surface area contributed by atoms with Crippen molar-refractivity contribution in [1.82, 2.24) is 0 Å². The minimum absolute atomic E-state index is 0.0496. The molecule has 180 valence electrons. The predicted octanol–water partition coefficient (Wildman–Crippen LogP) is 6.11. The lowest BCUT2D eigenvalue weighted by atomic mass is 10.1. The Morgan fingerprint density at radius 3 is 2.44 bits per heavy atom. The van der Waals surface area contributed by atoms with Crippen LogP contribution in [0, 0.1) is 6.92 Å². The Hall–Kier alpha value is -2.72. The van der Waals surface area contributed by atoms with Crippen molar-refractivity contribution in [1.29, 1.82) is 0 Å². The van der Waals surface area contributed by atoms with Crippen molar-refractivity contribution in [2.75, 3.05) is 11.9 Å². The Labute approximate surface area is 213 Å². The van der Waals surface area contributed by atoms with Crippen molar-refractivity contribution in [3.63, 3.8) is 0 Å². The third kappa shape index (κ3) is 5.85. The van der Waals surface area contributed by atoms with E-state index in [4.69, 9.17) is 54.4 Å². The molecule has 0 atom stereocenters. The second kappa shape index (κ2) is 11.1. The summed E-state index contributed by atoms with van der Waals surface area (Å²) in [4.78, 5) is 37.2. The number of nitrogens with one attached hydrogen (secondary N) is 1. The normalized spacial score (nSPS) is 10.7. The first kappa shape index (κ1) is 25.9. The van der Waals surface area contributed by atoms with Crippen molar-refractivity contribution in [3.05, 3.63) is 66.9 Å². The molecule has 0 aliphatic carbocycles. The lowest BCUT2D eigenvalue weighted by molar-refractivity contribution is 0.0506. The highest BCUT2D eigenvalue weighted by atomic mass is 35.5. The van der Waals surface area contributed by atoms with Gasteiger partial charge in [0.15, 0.2) is 11.5 Å². The van der Waals surface area contributed by atoms with Crippen molar-refractivity contribution >= 4 is 68.9 Å².